The molecular formula is C28H34ClFO3. The molecule has 4 rings (SSSR count). The summed E-state index contributed by atoms with van der Waals surface area (Å²) in [7, 11) is 0. The van der Waals surface area contributed by atoms with Crippen LogP contribution in [0.5, 0.6) is 5.75 Å². The van der Waals surface area contributed by atoms with Gasteiger partial charge in [0.15, 0.2) is 11.6 Å². The highest BCUT2D eigenvalue weighted by Crippen LogP contribution is 2.41. The van der Waals surface area contributed by atoms with Crippen LogP contribution in [0, 0.1) is 11.7 Å². The van der Waals surface area contributed by atoms with Gasteiger partial charge in [-0.3, -0.25) is 0 Å². The normalized spacial score (nSPS) is 20.3. The van der Waals surface area contributed by atoms with E-state index in [1.54, 1.807) is 6.07 Å². The Morgan fingerprint density at radius 3 is 2.48 bits per heavy atom. The third-order valence-electron chi connectivity index (χ3n) is 5.97. The van der Waals surface area contributed by atoms with E-state index in [0.717, 1.165) is 40.3 Å². The van der Waals surface area contributed by atoms with E-state index in [-0.39, 0.29) is 30.4 Å². The molecule has 1 fully saturated rings. The van der Waals surface area contributed by atoms with Gasteiger partial charge in [0, 0.05) is 5.39 Å². The highest BCUT2D eigenvalue weighted by Gasteiger charge is 2.29. The molecule has 3 aromatic carbocycles. The molecular weight excluding hydrogens is 439 g/mol. The quantitative estimate of drug-likeness (QED) is 0.403. The van der Waals surface area contributed by atoms with Crippen LogP contribution in [-0.2, 0) is 11.2 Å². The van der Waals surface area contributed by atoms with E-state index < -0.39 is 0 Å². The number of aliphatic hydroxyl groups excluding tert-OH is 1. The smallest absolute Gasteiger partial charge is 0.165 e. The van der Waals surface area contributed by atoms with Gasteiger partial charge in [0.2, 0.25) is 0 Å². The average molecular weight is 473 g/mol. The Morgan fingerprint density at radius 2 is 1.82 bits per heavy atom. The van der Waals surface area contributed by atoms with Gasteiger partial charge in [0.1, 0.15) is 0 Å². The second-order valence-corrected chi connectivity index (χ2v) is 8.74. The van der Waals surface area contributed by atoms with E-state index >= 15 is 0 Å². The summed E-state index contributed by atoms with van der Waals surface area (Å²) in [5, 5.41) is 12.4. The maximum atomic E-state index is 14.4. The SMILES string of the molecule is CC.CCOc1ccc(Cc2cc(C3CC(C)CC(CO)O3)c3ccccc3c2Cl)cc1F. The topological polar surface area (TPSA) is 38.7 Å². The summed E-state index contributed by atoms with van der Waals surface area (Å²) in [6.45, 7) is 8.47. The Labute approximate surface area is 201 Å². The zero-order valence-electron chi connectivity index (χ0n) is 19.9. The van der Waals surface area contributed by atoms with E-state index in [0.29, 0.717) is 24.0 Å². The Bertz CT molecular complexity index is 1070. The molecule has 3 nitrogen and oxygen atoms in total. The molecule has 0 bridgehead atoms. The number of hydrogen-bond acceptors (Lipinski definition) is 3. The summed E-state index contributed by atoms with van der Waals surface area (Å²) >= 11 is 6.81. The zero-order chi connectivity index (χ0) is 24.0. The molecule has 1 aliphatic heterocycles. The number of rotatable bonds is 6. The molecule has 3 unspecified atom stereocenters. The van der Waals surface area contributed by atoms with Crippen molar-refractivity contribution in [3.8, 4) is 5.75 Å². The number of aliphatic hydroxyl groups is 1. The molecule has 1 aliphatic rings. The Morgan fingerprint density at radius 1 is 1.09 bits per heavy atom. The molecule has 178 valence electrons. The number of hydrogen-bond donors (Lipinski definition) is 1. The molecule has 1 saturated heterocycles. The van der Waals surface area contributed by atoms with Crippen molar-refractivity contribution in [3.05, 3.63) is 76.1 Å². The molecule has 0 aromatic heterocycles. The van der Waals surface area contributed by atoms with Crippen LogP contribution in [-0.4, -0.2) is 24.4 Å². The fraction of sp³-hybridized carbons (Fsp3) is 0.429. The van der Waals surface area contributed by atoms with Crippen LogP contribution in [0.2, 0.25) is 5.02 Å². The average Bonchev–Trinajstić information content (AvgIpc) is 2.83. The first-order valence-electron chi connectivity index (χ1n) is 11.9. The van der Waals surface area contributed by atoms with E-state index in [9.17, 15) is 9.50 Å². The summed E-state index contributed by atoms with van der Waals surface area (Å²) < 4.78 is 25.9. The first kappa shape index (κ1) is 25.5. The summed E-state index contributed by atoms with van der Waals surface area (Å²) in [4.78, 5) is 0. The lowest BCUT2D eigenvalue weighted by Crippen LogP contribution is -2.29. The maximum Gasteiger partial charge on any atom is 0.165 e. The van der Waals surface area contributed by atoms with Crippen molar-refractivity contribution in [2.75, 3.05) is 13.2 Å². The van der Waals surface area contributed by atoms with Crippen LogP contribution in [0.1, 0.15) is 63.3 Å². The second-order valence-electron chi connectivity index (χ2n) is 8.36. The zero-order valence-corrected chi connectivity index (χ0v) is 20.7. The van der Waals surface area contributed by atoms with E-state index in [1.165, 1.54) is 6.07 Å². The third kappa shape index (κ3) is 5.87. The highest BCUT2D eigenvalue weighted by atomic mass is 35.5. The van der Waals surface area contributed by atoms with Crippen LogP contribution in [0.15, 0.2) is 48.5 Å². The molecule has 0 radical (unpaired) electrons. The molecule has 5 heteroatoms. The Hall–Kier alpha value is -2.14. The van der Waals surface area contributed by atoms with Crippen molar-refractivity contribution in [3.63, 3.8) is 0 Å². The van der Waals surface area contributed by atoms with E-state index in [2.05, 4.69) is 19.1 Å². The minimum atomic E-state index is -0.369. The van der Waals surface area contributed by atoms with Crippen molar-refractivity contribution in [2.45, 2.75) is 59.2 Å². The van der Waals surface area contributed by atoms with E-state index in [4.69, 9.17) is 21.1 Å². The lowest BCUT2D eigenvalue weighted by Gasteiger charge is -2.34. The number of fused-ring (bicyclic) bond motifs is 1. The van der Waals surface area contributed by atoms with Gasteiger partial charge in [-0.05, 0) is 66.3 Å². The monoisotopic (exact) mass is 472 g/mol. The Balaban J connectivity index is 0.00000149. The molecule has 0 aliphatic carbocycles. The molecule has 1 heterocycles. The largest absolute Gasteiger partial charge is 0.491 e. The van der Waals surface area contributed by atoms with Crippen LogP contribution < -0.4 is 4.74 Å². The van der Waals surface area contributed by atoms with Gasteiger partial charge in [0.25, 0.3) is 0 Å². The third-order valence-corrected chi connectivity index (χ3v) is 6.41. The molecule has 0 spiro atoms. The van der Waals surface area contributed by atoms with Gasteiger partial charge in [-0.1, -0.05) is 68.8 Å². The molecule has 1 N–H and O–H groups in total. The number of benzene rings is 3. The molecule has 3 aromatic rings. The standard InChI is InChI=1S/C26H28ClFO3.C2H6/c1-3-30-24-9-8-17(13-23(24)28)12-18-14-22(20-6-4-5-7-21(20)26(18)27)25-11-16(2)10-19(15-29)31-25;1-2/h4-9,13-14,16,19,25,29H,3,10-12,15H2,1-2H3;1-2H3. The summed E-state index contributed by atoms with van der Waals surface area (Å²) in [5.74, 6) is 0.344. The summed E-state index contributed by atoms with van der Waals surface area (Å²) in [6, 6.07) is 15.2. The van der Waals surface area contributed by atoms with Crippen molar-refractivity contribution in [1.29, 1.82) is 0 Å². The van der Waals surface area contributed by atoms with Gasteiger partial charge in [-0.15, -0.1) is 0 Å². The number of halogens is 2. The molecule has 0 saturated carbocycles. The number of ether oxygens (including phenoxy) is 2. The van der Waals surface area contributed by atoms with Gasteiger partial charge in [0.05, 0.1) is 30.4 Å². The van der Waals surface area contributed by atoms with Crippen LogP contribution >= 0.6 is 11.6 Å². The second kappa shape index (κ2) is 11.8. The predicted octanol–water partition coefficient (Wildman–Crippen LogP) is 7.50. The van der Waals surface area contributed by atoms with E-state index in [1.807, 2.05) is 45.0 Å². The minimum absolute atomic E-state index is 0.0185. The fourth-order valence-electron chi connectivity index (χ4n) is 4.54. The first-order chi connectivity index (χ1) is 16.0. The van der Waals surface area contributed by atoms with Crippen molar-refractivity contribution >= 4 is 22.4 Å². The van der Waals surface area contributed by atoms with Gasteiger partial charge in [-0.25, -0.2) is 4.39 Å². The molecule has 0 amide bonds. The van der Waals surface area contributed by atoms with Crippen molar-refractivity contribution < 1.29 is 19.0 Å². The first-order valence-corrected chi connectivity index (χ1v) is 12.3. The van der Waals surface area contributed by atoms with Gasteiger partial charge < -0.3 is 14.6 Å². The maximum absolute atomic E-state index is 14.4. The predicted molar refractivity (Wildman–Crippen MR) is 134 cm³/mol. The van der Waals surface area contributed by atoms with Crippen LogP contribution in [0.4, 0.5) is 4.39 Å². The lowest BCUT2D eigenvalue weighted by atomic mass is 9.87. The summed E-state index contributed by atoms with van der Waals surface area (Å²) in [5.41, 5.74) is 2.84. The summed E-state index contributed by atoms with van der Waals surface area (Å²) in [6.07, 6.45) is 1.98. The minimum Gasteiger partial charge on any atom is -0.491 e. The van der Waals surface area contributed by atoms with Crippen LogP contribution in [0.25, 0.3) is 10.8 Å². The van der Waals surface area contributed by atoms with Crippen molar-refractivity contribution in [2.24, 2.45) is 5.92 Å². The van der Waals surface area contributed by atoms with Crippen LogP contribution in [0.3, 0.4) is 0 Å². The van der Waals surface area contributed by atoms with Crippen molar-refractivity contribution in [1.82, 2.24) is 0 Å². The van der Waals surface area contributed by atoms with Gasteiger partial charge in [-0.2, -0.15) is 0 Å². The van der Waals surface area contributed by atoms with Gasteiger partial charge >= 0.3 is 0 Å². The molecule has 3 atom stereocenters. The highest BCUT2D eigenvalue weighted by molar-refractivity contribution is 6.36. The lowest BCUT2D eigenvalue weighted by molar-refractivity contribution is -0.0894. The fourth-order valence-corrected chi connectivity index (χ4v) is 4.83. The Kier molecular flexibility index (Phi) is 9.13. The molecule has 33 heavy (non-hydrogen) atoms.